The van der Waals surface area contributed by atoms with Crippen molar-refractivity contribution >= 4 is 18.3 Å². The molecular formula is C34H44ClN5O3. The number of nitrogens with one attached hydrogen (secondary N) is 1. The fourth-order valence-corrected chi connectivity index (χ4v) is 4.68. The Morgan fingerprint density at radius 1 is 0.884 bits per heavy atom. The lowest BCUT2D eigenvalue weighted by atomic mass is 10.0. The number of benzene rings is 3. The molecule has 43 heavy (non-hydrogen) atoms. The van der Waals surface area contributed by atoms with E-state index < -0.39 is 6.04 Å². The SMILES string of the molecule is CC(C)CCOc1ccccc1-c1ccccc1OCc1cn([C@H](CCCCN)C(=O)NCCc2ccccc2)nn1.Cl. The Balaban J connectivity index is 0.00000506. The second kappa shape index (κ2) is 17.9. The second-order valence-electron chi connectivity index (χ2n) is 10.8. The van der Waals surface area contributed by atoms with Gasteiger partial charge in [0.05, 0.1) is 12.8 Å². The zero-order chi connectivity index (χ0) is 29.6. The number of halogens is 1. The first-order valence-corrected chi connectivity index (χ1v) is 14.9. The highest BCUT2D eigenvalue weighted by Gasteiger charge is 2.22. The number of ether oxygens (including phenoxy) is 2. The largest absolute Gasteiger partial charge is 0.493 e. The Labute approximate surface area is 261 Å². The molecule has 0 aliphatic rings. The smallest absolute Gasteiger partial charge is 0.244 e. The van der Waals surface area contributed by atoms with Crippen molar-refractivity contribution in [2.75, 3.05) is 19.7 Å². The summed E-state index contributed by atoms with van der Waals surface area (Å²) < 4.78 is 14.0. The fourth-order valence-electron chi connectivity index (χ4n) is 4.68. The van der Waals surface area contributed by atoms with Crippen LogP contribution in [0.15, 0.2) is 85.1 Å². The lowest BCUT2D eigenvalue weighted by molar-refractivity contribution is -0.124. The van der Waals surface area contributed by atoms with Crippen molar-refractivity contribution in [2.45, 2.75) is 58.6 Å². The van der Waals surface area contributed by atoms with Crippen molar-refractivity contribution in [3.05, 3.63) is 96.3 Å². The number of para-hydroxylation sites is 2. The van der Waals surface area contributed by atoms with Crippen LogP contribution in [0.3, 0.4) is 0 Å². The number of amides is 1. The lowest BCUT2D eigenvalue weighted by Crippen LogP contribution is -2.34. The maximum Gasteiger partial charge on any atom is 0.244 e. The van der Waals surface area contributed by atoms with Crippen LogP contribution in [0.4, 0.5) is 0 Å². The third kappa shape index (κ3) is 10.4. The fraction of sp³-hybridized carbons (Fsp3) is 0.382. The molecule has 1 amide bonds. The van der Waals surface area contributed by atoms with Crippen LogP contribution < -0.4 is 20.5 Å². The summed E-state index contributed by atoms with van der Waals surface area (Å²) in [5.74, 6) is 2.06. The van der Waals surface area contributed by atoms with Gasteiger partial charge in [-0.25, -0.2) is 4.68 Å². The van der Waals surface area contributed by atoms with E-state index in [2.05, 4.69) is 41.6 Å². The second-order valence-corrected chi connectivity index (χ2v) is 10.8. The highest BCUT2D eigenvalue weighted by molar-refractivity contribution is 5.85. The van der Waals surface area contributed by atoms with E-state index in [0.29, 0.717) is 37.7 Å². The highest BCUT2D eigenvalue weighted by Crippen LogP contribution is 2.36. The molecule has 0 bridgehead atoms. The molecule has 0 aliphatic heterocycles. The van der Waals surface area contributed by atoms with E-state index in [-0.39, 0.29) is 24.9 Å². The van der Waals surface area contributed by atoms with Crippen LogP contribution in [0.25, 0.3) is 11.1 Å². The van der Waals surface area contributed by atoms with Crippen molar-refractivity contribution in [2.24, 2.45) is 11.7 Å². The minimum Gasteiger partial charge on any atom is -0.493 e. The Morgan fingerprint density at radius 2 is 1.53 bits per heavy atom. The van der Waals surface area contributed by atoms with E-state index in [1.165, 1.54) is 5.56 Å². The predicted molar refractivity (Wildman–Crippen MR) is 174 cm³/mol. The van der Waals surface area contributed by atoms with E-state index in [9.17, 15) is 4.79 Å². The standard InChI is InChI=1S/C34H43N5O3.ClH/c1-26(2)20-23-41-32-17-8-6-14-29(32)30-15-7-9-18-33(30)42-25-28-24-39(38-37-28)31(16-10-11-21-35)34(40)36-22-19-27-12-4-3-5-13-27;/h3-9,12-15,17-18,24,26,31H,10-11,16,19-23,25,35H2,1-2H3,(H,36,40);1H/t31-;/m1./s1. The van der Waals surface area contributed by atoms with Gasteiger partial charge in [0.25, 0.3) is 0 Å². The summed E-state index contributed by atoms with van der Waals surface area (Å²) in [6, 6.07) is 25.6. The van der Waals surface area contributed by atoms with E-state index in [1.54, 1.807) is 10.9 Å². The van der Waals surface area contributed by atoms with Gasteiger partial charge in [0.1, 0.15) is 29.8 Å². The van der Waals surface area contributed by atoms with E-state index in [0.717, 1.165) is 48.3 Å². The molecule has 0 spiro atoms. The number of carbonyl (C=O) groups is 1. The van der Waals surface area contributed by atoms with Gasteiger partial charge < -0.3 is 20.5 Å². The molecule has 8 nitrogen and oxygen atoms in total. The Kier molecular flexibility index (Phi) is 14.0. The molecular weight excluding hydrogens is 562 g/mol. The van der Waals surface area contributed by atoms with Crippen LogP contribution in [0, 0.1) is 5.92 Å². The van der Waals surface area contributed by atoms with Crippen LogP contribution in [0.5, 0.6) is 11.5 Å². The topological polar surface area (TPSA) is 104 Å². The van der Waals surface area contributed by atoms with E-state index in [1.807, 2.05) is 66.7 Å². The normalized spacial score (nSPS) is 11.5. The third-order valence-corrected chi connectivity index (χ3v) is 7.06. The lowest BCUT2D eigenvalue weighted by Gasteiger charge is -2.17. The molecule has 0 aliphatic carbocycles. The molecule has 1 aromatic heterocycles. The molecule has 3 N–H and O–H groups in total. The number of carbonyl (C=O) groups excluding carboxylic acids is 1. The quantitative estimate of drug-likeness (QED) is 0.135. The summed E-state index contributed by atoms with van der Waals surface area (Å²) in [7, 11) is 0. The van der Waals surface area contributed by atoms with Gasteiger partial charge >= 0.3 is 0 Å². The first-order valence-electron chi connectivity index (χ1n) is 14.9. The molecule has 0 saturated heterocycles. The molecule has 1 heterocycles. The zero-order valence-corrected chi connectivity index (χ0v) is 26.0. The summed E-state index contributed by atoms with van der Waals surface area (Å²) >= 11 is 0. The first-order chi connectivity index (χ1) is 20.5. The monoisotopic (exact) mass is 605 g/mol. The summed E-state index contributed by atoms with van der Waals surface area (Å²) in [4.78, 5) is 13.2. The summed E-state index contributed by atoms with van der Waals surface area (Å²) in [6.45, 7) is 6.40. The highest BCUT2D eigenvalue weighted by atomic mass is 35.5. The molecule has 9 heteroatoms. The molecule has 0 saturated carbocycles. The molecule has 0 radical (unpaired) electrons. The van der Waals surface area contributed by atoms with Crippen molar-refractivity contribution in [3.8, 4) is 22.6 Å². The van der Waals surface area contributed by atoms with Crippen molar-refractivity contribution in [1.29, 1.82) is 0 Å². The van der Waals surface area contributed by atoms with Gasteiger partial charge in [0, 0.05) is 17.7 Å². The maximum atomic E-state index is 13.2. The van der Waals surface area contributed by atoms with Gasteiger partial charge in [-0.1, -0.05) is 85.8 Å². The molecule has 0 fully saturated rings. The number of rotatable bonds is 17. The number of nitrogens with zero attached hydrogens (tertiary/aromatic N) is 3. The van der Waals surface area contributed by atoms with Gasteiger partial charge in [0.2, 0.25) is 5.91 Å². The molecule has 1 atom stereocenters. The van der Waals surface area contributed by atoms with E-state index in [4.69, 9.17) is 15.2 Å². The number of hydrogen-bond acceptors (Lipinski definition) is 6. The van der Waals surface area contributed by atoms with Crippen molar-refractivity contribution < 1.29 is 14.3 Å². The van der Waals surface area contributed by atoms with Crippen LogP contribution in [0.2, 0.25) is 0 Å². The van der Waals surface area contributed by atoms with Crippen LogP contribution in [-0.2, 0) is 17.8 Å². The third-order valence-electron chi connectivity index (χ3n) is 7.06. The minimum atomic E-state index is -0.462. The number of hydrogen-bond donors (Lipinski definition) is 2. The molecule has 0 unspecified atom stereocenters. The van der Waals surface area contributed by atoms with Crippen LogP contribution in [0.1, 0.15) is 56.8 Å². The van der Waals surface area contributed by atoms with Gasteiger partial charge in [-0.2, -0.15) is 0 Å². The summed E-state index contributed by atoms with van der Waals surface area (Å²) in [5.41, 5.74) is 9.47. The predicted octanol–water partition coefficient (Wildman–Crippen LogP) is 6.40. The van der Waals surface area contributed by atoms with Crippen molar-refractivity contribution in [3.63, 3.8) is 0 Å². The van der Waals surface area contributed by atoms with E-state index >= 15 is 0 Å². The summed E-state index contributed by atoms with van der Waals surface area (Å²) in [5, 5.41) is 11.7. The molecule has 4 aromatic rings. The number of aromatic nitrogens is 3. The van der Waals surface area contributed by atoms with Crippen LogP contribution in [-0.4, -0.2) is 40.6 Å². The zero-order valence-electron chi connectivity index (χ0n) is 25.2. The van der Waals surface area contributed by atoms with Gasteiger partial charge in [-0.3, -0.25) is 4.79 Å². The van der Waals surface area contributed by atoms with Gasteiger partial charge in [-0.05, 0) is 62.3 Å². The summed E-state index contributed by atoms with van der Waals surface area (Å²) in [6.07, 6.45) is 5.86. The average Bonchev–Trinajstić information content (AvgIpc) is 3.47. The molecule has 3 aromatic carbocycles. The van der Waals surface area contributed by atoms with Crippen LogP contribution >= 0.6 is 12.4 Å². The minimum absolute atomic E-state index is 0. The Hall–Kier alpha value is -3.88. The Morgan fingerprint density at radius 3 is 2.21 bits per heavy atom. The molecule has 230 valence electrons. The number of nitrogens with two attached hydrogens (primary N) is 1. The van der Waals surface area contributed by atoms with Gasteiger partial charge in [-0.15, -0.1) is 17.5 Å². The van der Waals surface area contributed by atoms with Gasteiger partial charge in [0.15, 0.2) is 0 Å². The number of unbranched alkanes of at least 4 members (excludes halogenated alkanes) is 1. The first kappa shape index (κ1) is 33.6. The molecule has 4 rings (SSSR count). The Bertz CT molecular complexity index is 1380. The van der Waals surface area contributed by atoms with Crippen molar-refractivity contribution in [1.82, 2.24) is 20.3 Å². The maximum absolute atomic E-state index is 13.2. The average molecular weight is 606 g/mol.